The van der Waals surface area contributed by atoms with Crippen molar-refractivity contribution in [3.05, 3.63) is 60.3 Å². The van der Waals surface area contributed by atoms with E-state index in [2.05, 4.69) is 19.8 Å². The lowest BCUT2D eigenvalue weighted by molar-refractivity contribution is 0.311. The van der Waals surface area contributed by atoms with Crippen LogP contribution in [0.3, 0.4) is 0 Å². The molecule has 2 aromatic heterocycles. The van der Waals surface area contributed by atoms with E-state index in [1.807, 2.05) is 0 Å². The molecule has 0 aliphatic carbocycles. The molecule has 142 valence electrons. The topological polar surface area (TPSA) is 98.0 Å². The minimum absolute atomic E-state index is 0.00393. The van der Waals surface area contributed by atoms with Gasteiger partial charge in [0.05, 0.1) is 0 Å². The molecule has 0 saturated heterocycles. The zero-order valence-electron chi connectivity index (χ0n) is 14.4. The van der Waals surface area contributed by atoms with Gasteiger partial charge in [-0.25, -0.2) is 17.2 Å². The van der Waals surface area contributed by atoms with Crippen LogP contribution >= 0.6 is 0 Å². The van der Waals surface area contributed by atoms with Gasteiger partial charge in [-0.2, -0.15) is 9.71 Å². The second-order valence-electron chi connectivity index (χ2n) is 6.09. The minimum Gasteiger partial charge on any atom is -0.337 e. The van der Waals surface area contributed by atoms with Crippen molar-refractivity contribution in [1.82, 2.24) is 19.8 Å². The fourth-order valence-electron chi connectivity index (χ4n) is 2.37. The molecule has 1 unspecified atom stereocenters. The molecule has 0 bridgehead atoms. The van der Waals surface area contributed by atoms with Crippen LogP contribution in [0.2, 0.25) is 0 Å². The summed E-state index contributed by atoms with van der Waals surface area (Å²) in [5.74, 6) is -2.77. The molecule has 7 nitrogen and oxygen atoms in total. The van der Waals surface area contributed by atoms with Gasteiger partial charge in [0.2, 0.25) is 21.7 Å². The molecule has 27 heavy (non-hydrogen) atoms. The zero-order chi connectivity index (χ0) is 19.6. The van der Waals surface area contributed by atoms with E-state index in [0.29, 0.717) is 5.56 Å². The number of benzene rings is 1. The molecule has 10 heteroatoms. The minimum atomic E-state index is -4.37. The Morgan fingerprint density at radius 2 is 1.93 bits per heavy atom. The van der Waals surface area contributed by atoms with Crippen LogP contribution in [0.5, 0.6) is 0 Å². The fraction of sp³-hybridized carbons (Fsp3) is 0.235. The number of pyridine rings is 1. The van der Waals surface area contributed by atoms with Crippen LogP contribution in [-0.2, 0) is 10.0 Å². The molecule has 0 spiro atoms. The number of hydrogen-bond donors (Lipinski definition) is 1. The van der Waals surface area contributed by atoms with Gasteiger partial charge >= 0.3 is 0 Å². The van der Waals surface area contributed by atoms with Crippen LogP contribution in [-0.4, -0.2) is 23.5 Å². The predicted octanol–water partition coefficient (Wildman–Crippen LogP) is 3.09. The largest absolute Gasteiger partial charge is 0.337 e. The maximum Gasteiger partial charge on any atom is 0.245 e. The highest BCUT2D eigenvalue weighted by molar-refractivity contribution is 7.89. The summed E-state index contributed by atoms with van der Waals surface area (Å²) in [6.07, 6.45) is 3.12. The quantitative estimate of drug-likeness (QED) is 0.690. The third-order valence-corrected chi connectivity index (χ3v) is 5.24. The van der Waals surface area contributed by atoms with Crippen LogP contribution < -0.4 is 4.72 Å². The molecule has 0 aliphatic heterocycles. The van der Waals surface area contributed by atoms with E-state index in [9.17, 15) is 17.2 Å². The molecule has 0 fully saturated rings. The van der Waals surface area contributed by atoms with E-state index < -0.39 is 32.6 Å². The lowest BCUT2D eigenvalue weighted by Gasteiger charge is -2.18. The van der Waals surface area contributed by atoms with Gasteiger partial charge in [0.1, 0.15) is 10.9 Å². The molecule has 2 heterocycles. The highest BCUT2D eigenvalue weighted by Gasteiger charge is 2.31. The van der Waals surface area contributed by atoms with Gasteiger partial charge < -0.3 is 4.52 Å². The Labute approximate surface area is 154 Å². The van der Waals surface area contributed by atoms with Crippen molar-refractivity contribution in [2.75, 3.05) is 0 Å². The van der Waals surface area contributed by atoms with Crippen molar-refractivity contribution in [1.29, 1.82) is 0 Å². The summed E-state index contributed by atoms with van der Waals surface area (Å²) < 4.78 is 59.9. The summed E-state index contributed by atoms with van der Waals surface area (Å²) in [7, 11) is -4.37. The van der Waals surface area contributed by atoms with Gasteiger partial charge in [0, 0.05) is 18.0 Å². The molecule has 3 rings (SSSR count). The monoisotopic (exact) mass is 394 g/mol. The highest BCUT2D eigenvalue weighted by atomic mass is 32.2. The fourth-order valence-corrected chi connectivity index (χ4v) is 3.79. The van der Waals surface area contributed by atoms with Crippen molar-refractivity contribution in [2.45, 2.75) is 24.8 Å². The van der Waals surface area contributed by atoms with E-state index in [0.717, 1.165) is 18.2 Å². The molecule has 0 saturated carbocycles. The van der Waals surface area contributed by atoms with E-state index in [1.165, 1.54) is 6.20 Å². The van der Waals surface area contributed by atoms with Gasteiger partial charge in [0.25, 0.3) is 0 Å². The summed E-state index contributed by atoms with van der Waals surface area (Å²) in [5, 5.41) is 3.83. The first kappa shape index (κ1) is 19.1. The Kier molecular flexibility index (Phi) is 5.29. The van der Waals surface area contributed by atoms with Crippen molar-refractivity contribution in [2.24, 2.45) is 5.92 Å². The third kappa shape index (κ3) is 4.01. The van der Waals surface area contributed by atoms with E-state index in [1.54, 1.807) is 32.2 Å². The second-order valence-corrected chi connectivity index (χ2v) is 7.78. The Morgan fingerprint density at radius 3 is 2.59 bits per heavy atom. The molecule has 0 amide bonds. The molecule has 3 aromatic rings. The van der Waals surface area contributed by atoms with E-state index in [4.69, 9.17) is 4.52 Å². The Hall–Kier alpha value is -2.72. The summed E-state index contributed by atoms with van der Waals surface area (Å²) in [5.41, 5.74) is 0.592. The predicted molar refractivity (Wildman–Crippen MR) is 91.8 cm³/mol. The number of hydrogen-bond acceptors (Lipinski definition) is 6. The van der Waals surface area contributed by atoms with Crippen LogP contribution in [0.1, 0.15) is 25.8 Å². The van der Waals surface area contributed by atoms with Gasteiger partial charge in [-0.3, -0.25) is 4.98 Å². The number of sulfonamides is 1. The first-order valence-corrected chi connectivity index (χ1v) is 9.48. The first-order valence-electron chi connectivity index (χ1n) is 8.00. The average molecular weight is 394 g/mol. The Balaban J connectivity index is 1.93. The highest BCUT2D eigenvalue weighted by Crippen LogP contribution is 2.26. The first-order chi connectivity index (χ1) is 12.8. The number of nitrogens with one attached hydrogen (secondary N) is 1. The standard InChI is InChI=1S/C17H16F2N4O3S/c1-10(2)15(17-21-16(22-26-17)11-5-4-8-20-9-11)23-27(24,25)13-7-3-6-12(18)14(13)19/h3-10,15,23H,1-2H3. The SMILES string of the molecule is CC(C)C(NS(=O)(=O)c1cccc(F)c1F)c1nc(-c2cccnc2)no1. The lowest BCUT2D eigenvalue weighted by atomic mass is 10.1. The number of nitrogens with zero attached hydrogens (tertiary/aromatic N) is 3. The Morgan fingerprint density at radius 1 is 1.15 bits per heavy atom. The average Bonchev–Trinajstić information content (AvgIpc) is 3.12. The van der Waals surface area contributed by atoms with Crippen LogP contribution in [0.25, 0.3) is 11.4 Å². The smallest absolute Gasteiger partial charge is 0.245 e. The summed E-state index contributed by atoms with van der Waals surface area (Å²) >= 11 is 0. The molecule has 1 aromatic carbocycles. The van der Waals surface area contributed by atoms with Crippen LogP contribution in [0.4, 0.5) is 8.78 Å². The van der Waals surface area contributed by atoms with Crippen molar-refractivity contribution < 1.29 is 21.7 Å². The second kappa shape index (κ2) is 7.49. The van der Waals surface area contributed by atoms with Gasteiger partial charge in [-0.15, -0.1) is 0 Å². The lowest BCUT2D eigenvalue weighted by Crippen LogP contribution is -2.32. The molecule has 0 radical (unpaired) electrons. The number of halogens is 2. The summed E-state index contributed by atoms with van der Waals surface area (Å²) in [4.78, 5) is 7.37. The molecular weight excluding hydrogens is 378 g/mol. The molecule has 1 atom stereocenters. The van der Waals surface area contributed by atoms with Crippen molar-refractivity contribution in [3.8, 4) is 11.4 Å². The van der Waals surface area contributed by atoms with Gasteiger partial charge in [-0.1, -0.05) is 25.1 Å². The van der Waals surface area contributed by atoms with Crippen molar-refractivity contribution in [3.63, 3.8) is 0 Å². The molecular formula is C17H16F2N4O3S. The summed E-state index contributed by atoms with van der Waals surface area (Å²) in [6, 6.07) is 5.42. The van der Waals surface area contributed by atoms with E-state index in [-0.39, 0.29) is 17.6 Å². The van der Waals surface area contributed by atoms with E-state index >= 15 is 0 Å². The van der Waals surface area contributed by atoms with Gasteiger partial charge in [-0.05, 0) is 30.2 Å². The Bertz CT molecular complexity index is 1040. The van der Waals surface area contributed by atoms with Crippen LogP contribution in [0.15, 0.2) is 52.1 Å². The number of aromatic nitrogens is 3. The van der Waals surface area contributed by atoms with Crippen molar-refractivity contribution >= 4 is 10.0 Å². The maximum absolute atomic E-state index is 13.9. The summed E-state index contributed by atoms with van der Waals surface area (Å²) in [6.45, 7) is 3.45. The van der Waals surface area contributed by atoms with Crippen LogP contribution in [0, 0.1) is 17.6 Å². The molecule has 1 N–H and O–H groups in total. The molecule has 0 aliphatic rings. The number of rotatable bonds is 6. The third-order valence-electron chi connectivity index (χ3n) is 3.78. The maximum atomic E-state index is 13.9. The van der Waals surface area contributed by atoms with Gasteiger partial charge in [0.15, 0.2) is 11.6 Å². The zero-order valence-corrected chi connectivity index (χ0v) is 15.2. The normalized spacial score (nSPS) is 13.1.